The van der Waals surface area contributed by atoms with Crippen molar-refractivity contribution in [2.24, 2.45) is 0 Å². The normalized spacial score (nSPS) is 18.2. The standard InChI is InChI=1S/C8H12N2O/c1-3-8(11)10-5-4-9-6-7(10)2/h3,9H,1-2,4-6H2. The molecule has 1 heterocycles. The predicted octanol–water partition coefficient (Wildman–Crippen LogP) is 0.118. The lowest BCUT2D eigenvalue weighted by atomic mass is 10.3. The Morgan fingerprint density at radius 1 is 1.73 bits per heavy atom. The van der Waals surface area contributed by atoms with Crippen LogP contribution in [0.3, 0.4) is 0 Å². The van der Waals surface area contributed by atoms with Crippen molar-refractivity contribution in [3.63, 3.8) is 0 Å². The summed E-state index contributed by atoms with van der Waals surface area (Å²) in [5.41, 5.74) is 0.821. The summed E-state index contributed by atoms with van der Waals surface area (Å²) in [5, 5.41) is 3.12. The van der Waals surface area contributed by atoms with E-state index < -0.39 is 0 Å². The van der Waals surface area contributed by atoms with Gasteiger partial charge in [-0.05, 0) is 6.08 Å². The molecule has 0 spiro atoms. The Balaban J connectivity index is 2.61. The summed E-state index contributed by atoms with van der Waals surface area (Å²) in [7, 11) is 0. The number of nitrogens with one attached hydrogen (secondary N) is 1. The quantitative estimate of drug-likeness (QED) is 0.541. The average Bonchev–Trinajstić information content (AvgIpc) is 2.04. The summed E-state index contributed by atoms with van der Waals surface area (Å²) >= 11 is 0. The molecule has 3 nitrogen and oxygen atoms in total. The van der Waals surface area contributed by atoms with Gasteiger partial charge in [0, 0.05) is 25.3 Å². The van der Waals surface area contributed by atoms with Crippen LogP contribution in [0, 0.1) is 0 Å². The second-order valence-corrected chi connectivity index (χ2v) is 2.44. The Morgan fingerprint density at radius 3 is 3.00 bits per heavy atom. The van der Waals surface area contributed by atoms with E-state index in [9.17, 15) is 4.79 Å². The molecule has 60 valence electrons. The van der Waals surface area contributed by atoms with Crippen LogP contribution in [0.15, 0.2) is 24.9 Å². The number of amides is 1. The van der Waals surface area contributed by atoms with Crippen molar-refractivity contribution < 1.29 is 4.79 Å². The summed E-state index contributed by atoms with van der Waals surface area (Å²) in [6.45, 7) is 9.40. The SMILES string of the molecule is C=CC(=O)N1CCNCC1=C. The fourth-order valence-electron chi connectivity index (χ4n) is 1.05. The topological polar surface area (TPSA) is 32.3 Å². The predicted molar refractivity (Wildman–Crippen MR) is 43.9 cm³/mol. The van der Waals surface area contributed by atoms with Crippen molar-refractivity contribution in [1.82, 2.24) is 10.2 Å². The summed E-state index contributed by atoms with van der Waals surface area (Å²) < 4.78 is 0. The number of hydrogen-bond donors (Lipinski definition) is 1. The van der Waals surface area contributed by atoms with Gasteiger partial charge in [-0.1, -0.05) is 13.2 Å². The van der Waals surface area contributed by atoms with Crippen LogP contribution in [0.2, 0.25) is 0 Å². The molecule has 0 atom stereocenters. The molecule has 1 saturated heterocycles. The van der Waals surface area contributed by atoms with Crippen molar-refractivity contribution in [2.45, 2.75) is 0 Å². The monoisotopic (exact) mass is 152 g/mol. The van der Waals surface area contributed by atoms with Crippen LogP contribution in [0.5, 0.6) is 0 Å². The maximum atomic E-state index is 11.1. The summed E-state index contributed by atoms with van der Waals surface area (Å²) in [6, 6.07) is 0. The lowest BCUT2D eigenvalue weighted by Crippen LogP contribution is -2.43. The van der Waals surface area contributed by atoms with E-state index >= 15 is 0 Å². The van der Waals surface area contributed by atoms with E-state index in [0.717, 1.165) is 12.2 Å². The van der Waals surface area contributed by atoms with Gasteiger partial charge in [0.05, 0.1) is 0 Å². The van der Waals surface area contributed by atoms with E-state index in [-0.39, 0.29) is 5.91 Å². The highest BCUT2D eigenvalue weighted by molar-refractivity contribution is 5.88. The molecule has 0 unspecified atom stereocenters. The number of carbonyl (C=O) groups excluding carboxylic acids is 1. The molecule has 0 radical (unpaired) electrons. The van der Waals surface area contributed by atoms with Gasteiger partial charge in [0.2, 0.25) is 5.91 Å². The molecule has 0 saturated carbocycles. The van der Waals surface area contributed by atoms with Crippen LogP contribution in [0.25, 0.3) is 0 Å². The second-order valence-electron chi connectivity index (χ2n) is 2.44. The third kappa shape index (κ3) is 1.68. The highest BCUT2D eigenvalue weighted by Gasteiger charge is 2.16. The molecule has 0 aromatic rings. The maximum absolute atomic E-state index is 11.1. The Bertz CT molecular complexity index is 198. The van der Waals surface area contributed by atoms with E-state index in [4.69, 9.17) is 0 Å². The van der Waals surface area contributed by atoms with Crippen molar-refractivity contribution in [3.8, 4) is 0 Å². The van der Waals surface area contributed by atoms with Crippen molar-refractivity contribution in [2.75, 3.05) is 19.6 Å². The molecule has 0 aromatic heterocycles. The van der Waals surface area contributed by atoms with Crippen LogP contribution in [0.4, 0.5) is 0 Å². The van der Waals surface area contributed by atoms with Gasteiger partial charge in [-0.15, -0.1) is 0 Å². The minimum Gasteiger partial charge on any atom is -0.311 e. The molecular formula is C8H12N2O. The van der Waals surface area contributed by atoms with Crippen LogP contribution in [-0.4, -0.2) is 30.4 Å². The number of nitrogens with zero attached hydrogens (tertiary/aromatic N) is 1. The summed E-state index contributed by atoms with van der Waals surface area (Å²) in [4.78, 5) is 12.7. The maximum Gasteiger partial charge on any atom is 0.250 e. The van der Waals surface area contributed by atoms with Gasteiger partial charge in [-0.3, -0.25) is 4.79 Å². The first-order chi connectivity index (χ1) is 5.25. The molecule has 1 aliphatic heterocycles. The average molecular weight is 152 g/mol. The number of rotatable bonds is 1. The number of piperazine rings is 1. The van der Waals surface area contributed by atoms with Crippen LogP contribution >= 0.6 is 0 Å². The molecule has 11 heavy (non-hydrogen) atoms. The van der Waals surface area contributed by atoms with Gasteiger partial charge >= 0.3 is 0 Å². The largest absolute Gasteiger partial charge is 0.311 e. The summed E-state index contributed by atoms with van der Waals surface area (Å²) in [6.07, 6.45) is 1.32. The zero-order valence-electron chi connectivity index (χ0n) is 6.47. The van der Waals surface area contributed by atoms with Crippen LogP contribution < -0.4 is 5.32 Å². The molecule has 3 heteroatoms. The van der Waals surface area contributed by atoms with E-state index in [1.54, 1.807) is 4.90 Å². The first kappa shape index (κ1) is 8.01. The molecule has 0 aliphatic carbocycles. The zero-order valence-corrected chi connectivity index (χ0v) is 6.47. The Kier molecular flexibility index (Phi) is 2.44. The molecular weight excluding hydrogens is 140 g/mol. The van der Waals surface area contributed by atoms with Gasteiger partial charge in [0.15, 0.2) is 0 Å². The molecule has 1 fully saturated rings. The van der Waals surface area contributed by atoms with E-state index in [2.05, 4.69) is 18.5 Å². The zero-order chi connectivity index (χ0) is 8.27. The first-order valence-electron chi connectivity index (χ1n) is 3.58. The minimum atomic E-state index is -0.0588. The lowest BCUT2D eigenvalue weighted by Gasteiger charge is -2.28. The molecule has 1 aliphatic rings. The van der Waals surface area contributed by atoms with Crippen molar-refractivity contribution in [1.29, 1.82) is 0 Å². The lowest BCUT2D eigenvalue weighted by molar-refractivity contribution is -0.124. The van der Waals surface area contributed by atoms with Gasteiger partial charge in [-0.2, -0.15) is 0 Å². The minimum absolute atomic E-state index is 0.0588. The third-order valence-corrected chi connectivity index (χ3v) is 1.66. The molecule has 1 amide bonds. The van der Waals surface area contributed by atoms with Crippen molar-refractivity contribution >= 4 is 5.91 Å². The van der Waals surface area contributed by atoms with E-state index in [0.29, 0.717) is 13.1 Å². The Morgan fingerprint density at radius 2 is 2.45 bits per heavy atom. The fraction of sp³-hybridized carbons (Fsp3) is 0.375. The highest BCUT2D eigenvalue weighted by Crippen LogP contribution is 2.04. The first-order valence-corrected chi connectivity index (χ1v) is 3.58. The Labute approximate surface area is 66.4 Å². The van der Waals surface area contributed by atoms with E-state index in [1.165, 1.54) is 6.08 Å². The molecule has 0 aromatic carbocycles. The fourth-order valence-corrected chi connectivity index (χ4v) is 1.05. The molecule has 1 rings (SSSR count). The summed E-state index contributed by atoms with van der Waals surface area (Å²) in [5.74, 6) is -0.0588. The van der Waals surface area contributed by atoms with E-state index in [1.807, 2.05) is 0 Å². The Hall–Kier alpha value is -1.09. The van der Waals surface area contributed by atoms with Gasteiger partial charge < -0.3 is 10.2 Å². The van der Waals surface area contributed by atoms with Gasteiger partial charge in [0.1, 0.15) is 0 Å². The van der Waals surface area contributed by atoms with Gasteiger partial charge in [0.25, 0.3) is 0 Å². The van der Waals surface area contributed by atoms with Crippen LogP contribution in [-0.2, 0) is 4.79 Å². The third-order valence-electron chi connectivity index (χ3n) is 1.66. The van der Waals surface area contributed by atoms with Gasteiger partial charge in [-0.25, -0.2) is 0 Å². The number of hydrogen-bond acceptors (Lipinski definition) is 2. The smallest absolute Gasteiger partial charge is 0.250 e. The number of carbonyl (C=O) groups is 1. The van der Waals surface area contributed by atoms with Crippen LogP contribution in [0.1, 0.15) is 0 Å². The molecule has 1 N–H and O–H groups in total. The highest BCUT2D eigenvalue weighted by atomic mass is 16.2. The second kappa shape index (κ2) is 3.34. The van der Waals surface area contributed by atoms with Crippen molar-refractivity contribution in [3.05, 3.63) is 24.9 Å². The molecule has 0 bridgehead atoms.